The zero-order chi connectivity index (χ0) is 17.1. The summed E-state index contributed by atoms with van der Waals surface area (Å²) < 4.78 is 0. The molecule has 2 N–H and O–H groups in total. The van der Waals surface area contributed by atoms with Gasteiger partial charge < -0.3 is 15.0 Å². The fourth-order valence-electron chi connectivity index (χ4n) is 4.11. The van der Waals surface area contributed by atoms with Crippen molar-refractivity contribution in [3.63, 3.8) is 0 Å². The molecule has 3 rings (SSSR count). The van der Waals surface area contributed by atoms with Crippen LogP contribution in [0.1, 0.15) is 42.2 Å². The fraction of sp³-hybridized carbons (Fsp3) is 0.550. The Morgan fingerprint density at radius 2 is 2.08 bits per heavy atom. The van der Waals surface area contributed by atoms with Crippen molar-refractivity contribution < 1.29 is 9.90 Å². The number of para-hydroxylation sites is 1. The quantitative estimate of drug-likeness (QED) is 0.909. The highest BCUT2D eigenvalue weighted by molar-refractivity contribution is 6.02. The molecule has 1 aliphatic rings. The van der Waals surface area contributed by atoms with Gasteiger partial charge in [-0.05, 0) is 43.4 Å². The van der Waals surface area contributed by atoms with Crippen molar-refractivity contribution in [2.45, 2.75) is 32.6 Å². The van der Waals surface area contributed by atoms with Crippen molar-refractivity contribution in [1.82, 2.24) is 9.88 Å². The first-order valence-electron chi connectivity index (χ1n) is 9.06. The van der Waals surface area contributed by atoms with E-state index in [-0.39, 0.29) is 18.3 Å². The number of aliphatic hydroxyl groups is 1. The van der Waals surface area contributed by atoms with Gasteiger partial charge in [-0.2, -0.15) is 0 Å². The summed E-state index contributed by atoms with van der Waals surface area (Å²) in [7, 11) is 2.16. The van der Waals surface area contributed by atoms with E-state index in [0.717, 1.165) is 42.7 Å². The molecular formula is C20H28N2O2. The van der Waals surface area contributed by atoms with Crippen LogP contribution in [0, 0.1) is 11.8 Å². The first kappa shape index (κ1) is 17.2. The molecule has 4 nitrogen and oxygen atoms in total. The highest BCUT2D eigenvalue weighted by Crippen LogP contribution is 2.30. The zero-order valence-corrected chi connectivity index (χ0v) is 14.7. The number of H-pyrrole nitrogens is 1. The summed E-state index contributed by atoms with van der Waals surface area (Å²) >= 11 is 0. The normalized spacial score (nSPS) is 23.4. The van der Waals surface area contributed by atoms with Gasteiger partial charge in [-0.25, -0.2) is 0 Å². The molecule has 2 aromatic rings. The number of likely N-dealkylation sites (N-methyl/N-ethyl adjacent to an activating group) is 1. The van der Waals surface area contributed by atoms with Crippen LogP contribution in [0.3, 0.4) is 0 Å². The van der Waals surface area contributed by atoms with Gasteiger partial charge in [-0.1, -0.05) is 31.5 Å². The molecule has 0 bridgehead atoms. The molecule has 0 fully saturated rings. The summed E-state index contributed by atoms with van der Waals surface area (Å²) in [5.74, 6) is 0.895. The number of ketones is 1. The van der Waals surface area contributed by atoms with Crippen molar-refractivity contribution in [3.05, 3.63) is 35.5 Å². The van der Waals surface area contributed by atoms with Crippen molar-refractivity contribution in [3.8, 4) is 0 Å². The first-order chi connectivity index (χ1) is 11.6. The number of carbonyl (C=O) groups excluding carboxylic acids is 1. The minimum atomic E-state index is 0.151. The Morgan fingerprint density at radius 1 is 1.29 bits per heavy atom. The van der Waals surface area contributed by atoms with E-state index in [9.17, 15) is 9.90 Å². The molecule has 0 spiro atoms. The van der Waals surface area contributed by atoms with Crippen LogP contribution < -0.4 is 0 Å². The maximum absolute atomic E-state index is 13.0. The summed E-state index contributed by atoms with van der Waals surface area (Å²) in [5.41, 5.74) is 2.98. The number of rotatable bonds is 3. The third-order valence-corrected chi connectivity index (χ3v) is 5.52. The lowest BCUT2D eigenvalue weighted by Crippen LogP contribution is -2.34. The van der Waals surface area contributed by atoms with Crippen molar-refractivity contribution in [2.75, 3.05) is 26.7 Å². The SMILES string of the molecule is CC[C@H]1CN(C)CCc2c([nH]c3ccccc23)C(=O)CC1CCO. The Bertz CT molecular complexity index is 707. The smallest absolute Gasteiger partial charge is 0.179 e. The van der Waals surface area contributed by atoms with Crippen LogP contribution in [0.5, 0.6) is 0 Å². The molecule has 2 atom stereocenters. The molecule has 1 aliphatic heterocycles. The Kier molecular flexibility index (Phi) is 5.36. The topological polar surface area (TPSA) is 56.3 Å². The average molecular weight is 328 g/mol. The molecule has 2 heterocycles. The van der Waals surface area contributed by atoms with E-state index >= 15 is 0 Å². The van der Waals surface area contributed by atoms with Crippen LogP contribution in [0.15, 0.2) is 24.3 Å². The van der Waals surface area contributed by atoms with E-state index in [0.29, 0.717) is 18.8 Å². The summed E-state index contributed by atoms with van der Waals surface area (Å²) in [4.78, 5) is 18.7. The third-order valence-electron chi connectivity index (χ3n) is 5.52. The predicted octanol–water partition coefficient (Wildman–Crippen LogP) is 3.25. The fourth-order valence-corrected chi connectivity index (χ4v) is 4.11. The lowest BCUT2D eigenvalue weighted by molar-refractivity contribution is 0.0898. The molecule has 1 aromatic heterocycles. The second kappa shape index (κ2) is 7.49. The Morgan fingerprint density at radius 3 is 2.83 bits per heavy atom. The molecule has 1 unspecified atom stereocenters. The zero-order valence-electron chi connectivity index (χ0n) is 14.7. The lowest BCUT2D eigenvalue weighted by atomic mass is 9.82. The monoisotopic (exact) mass is 328 g/mol. The van der Waals surface area contributed by atoms with Gasteiger partial charge in [0.05, 0.1) is 5.69 Å². The minimum absolute atomic E-state index is 0.151. The van der Waals surface area contributed by atoms with Gasteiger partial charge in [0.15, 0.2) is 5.78 Å². The number of nitrogens with one attached hydrogen (secondary N) is 1. The largest absolute Gasteiger partial charge is 0.396 e. The Balaban J connectivity index is 2.01. The summed E-state index contributed by atoms with van der Waals surface area (Å²) in [6, 6.07) is 8.18. The molecule has 0 radical (unpaired) electrons. The molecule has 130 valence electrons. The van der Waals surface area contributed by atoms with E-state index in [4.69, 9.17) is 0 Å². The number of carbonyl (C=O) groups is 1. The van der Waals surface area contributed by atoms with E-state index in [2.05, 4.69) is 29.9 Å². The third kappa shape index (κ3) is 3.40. The first-order valence-corrected chi connectivity index (χ1v) is 9.06. The van der Waals surface area contributed by atoms with Crippen molar-refractivity contribution in [2.24, 2.45) is 11.8 Å². The maximum atomic E-state index is 13.0. The number of aromatic amines is 1. The second-order valence-corrected chi connectivity index (χ2v) is 7.10. The predicted molar refractivity (Wildman–Crippen MR) is 97.4 cm³/mol. The number of nitrogens with zero attached hydrogens (tertiary/aromatic N) is 1. The van der Waals surface area contributed by atoms with Crippen molar-refractivity contribution >= 4 is 16.7 Å². The highest BCUT2D eigenvalue weighted by Gasteiger charge is 2.28. The van der Waals surface area contributed by atoms with Gasteiger partial charge in [0.1, 0.15) is 0 Å². The van der Waals surface area contributed by atoms with E-state index < -0.39 is 0 Å². The molecule has 4 heteroatoms. The van der Waals surface area contributed by atoms with Gasteiger partial charge in [0.25, 0.3) is 0 Å². The van der Waals surface area contributed by atoms with Crippen LogP contribution in [0.4, 0.5) is 0 Å². The number of benzene rings is 1. The molecule has 1 aromatic carbocycles. The number of aromatic nitrogens is 1. The maximum Gasteiger partial charge on any atom is 0.179 e. The Hall–Kier alpha value is -1.65. The van der Waals surface area contributed by atoms with Crippen LogP contribution in [0.25, 0.3) is 10.9 Å². The van der Waals surface area contributed by atoms with Gasteiger partial charge in [-0.15, -0.1) is 0 Å². The molecule has 0 saturated heterocycles. The summed E-state index contributed by atoms with van der Waals surface area (Å²) in [5, 5.41) is 10.6. The molecule has 0 aliphatic carbocycles. The van der Waals surface area contributed by atoms with Gasteiger partial charge >= 0.3 is 0 Å². The summed E-state index contributed by atoms with van der Waals surface area (Å²) in [6.07, 6.45) is 3.16. The average Bonchev–Trinajstić information content (AvgIpc) is 2.96. The standard InChI is InChI=1S/C20H28N2O2/c1-3-14-13-22(2)10-8-17-16-6-4-5-7-18(16)21-20(17)19(24)12-15(14)9-11-23/h4-7,14-15,21,23H,3,8-13H2,1-2H3/t14-,15?/m0/s1. The number of fused-ring (bicyclic) bond motifs is 3. The summed E-state index contributed by atoms with van der Waals surface area (Å²) in [6.45, 7) is 4.28. The van der Waals surface area contributed by atoms with Crippen LogP contribution in [-0.2, 0) is 6.42 Å². The van der Waals surface area contributed by atoms with Crippen LogP contribution >= 0.6 is 0 Å². The van der Waals surface area contributed by atoms with Crippen LogP contribution in [0.2, 0.25) is 0 Å². The molecule has 24 heavy (non-hydrogen) atoms. The number of hydrogen-bond acceptors (Lipinski definition) is 3. The van der Waals surface area contributed by atoms with Gasteiger partial charge in [0.2, 0.25) is 0 Å². The second-order valence-electron chi connectivity index (χ2n) is 7.10. The number of hydrogen-bond donors (Lipinski definition) is 2. The highest BCUT2D eigenvalue weighted by atomic mass is 16.3. The number of aliphatic hydroxyl groups excluding tert-OH is 1. The van der Waals surface area contributed by atoms with Crippen molar-refractivity contribution in [1.29, 1.82) is 0 Å². The van der Waals surface area contributed by atoms with E-state index in [1.54, 1.807) is 0 Å². The molecule has 0 saturated carbocycles. The lowest BCUT2D eigenvalue weighted by Gasteiger charge is -2.30. The van der Waals surface area contributed by atoms with E-state index in [1.807, 2.05) is 18.2 Å². The van der Waals surface area contributed by atoms with E-state index in [1.165, 1.54) is 5.39 Å². The number of Topliss-reactive ketones (excluding diaryl/α,β-unsaturated/α-hetero) is 1. The van der Waals surface area contributed by atoms with Gasteiger partial charge in [0, 0.05) is 37.0 Å². The minimum Gasteiger partial charge on any atom is -0.396 e. The van der Waals surface area contributed by atoms with Crippen LogP contribution in [-0.4, -0.2) is 47.5 Å². The molecular weight excluding hydrogens is 300 g/mol. The van der Waals surface area contributed by atoms with Gasteiger partial charge in [-0.3, -0.25) is 4.79 Å². The Labute approximate surface area is 143 Å². The molecule has 0 amide bonds.